The summed E-state index contributed by atoms with van der Waals surface area (Å²) in [4.78, 5) is 13.7. The summed E-state index contributed by atoms with van der Waals surface area (Å²) in [7, 11) is 1.88. The van der Waals surface area contributed by atoms with E-state index < -0.39 is 0 Å². The van der Waals surface area contributed by atoms with Gasteiger partial charge in [0, 0.05) is 18.7 Å². The van der Waals surface area contributed by atoms with Crippen molar-refractivity contribution in [2.45, 2.75) is 33.1 Å². The zero-order valence-corrected chi connectivity index (χ0v) is 14.6. The molecule has 2 aromatic heterocycles. The van der Waals surface area contributed by atoms with E-state index in [2.05, 4.69) is 58.6 Å². The highest BCUT2D eigenvalue weighted by molar-refractivity contribution is 14.1. The molecule has 0 unspecified atom stereocenters. The van der Waals surface area contributed by atoms with Crippen LogP contribution < -0.4 is 5.32 Å². The zero-order valence-electron chi connectivity index (χ0n) is 12.5. The van der Waals surface area contributed by atoms with Gasteiger partial charge in [-0.2, -0.15) is 0 Å². The molecule has 4 nitrogen and oxygen atoms in total. The van der Waals surface area contributed by atoms with Crippen molar-refractivity contribution in [2.75, 3.05) is 12.4 Å². The predicted octanol–water partition coefficient (Wildman–Crippen LogP) is 3.79. The molecule has 0 aliphatic heterocycles. The van der Waals surface area contributed by atoms with E-state index in [4.69, 9.17) is 4.98 Å². The summed E-state index contributed by atoms with van der Waals surface area (Å²) in [6.07, 6.45) is 1.79. The van der Waals surface area contributed by atoms with Gasteiger partial charge in [-0.3, -0.25) is 4.98 Å². The molecule has 0 atom stereocenters. The maximum atomic E-state index is 4.74. The topological polar surface area (TPSA) is 50.7 Å². The maximum absolute atomic E-state index is 4.74. The van der Waals surface area contributed by atoms with Crippen LogP contribution in [0.2, 0.25) is 0 Å². The molecular weight excluding hydrogens is 363 g/mol. The molecule has 0 aromatic carbocycles. The lowest BCUT2D eigenvalue weighted by Crippen LogP contribution is -2.18. The highest BCUT2D eigenvalue weighted by Crippen LogP contribution is 2.31. The predicted molar refractivity (Wildman–Crippen MR) is 91.0 cm³/mol. The van der Waals surface area contributed by atoms with Gasteiger partial charge in [-0.05, 0) is 47.2 Å². The molecule has 0 radical (unpaired) electrons. The van der Waals surface area contributed by atoms with Gasteiger partial charge in [0.15, 0.2) is 5.82 Å². The van der Waals surface area contributed by atoms with Crippen molar-refractivity contribution in [1.29, 1.82) is 0 Å². The average Bonchev–Trinajstić information content (AvgIpc) is 2.37. The quantitative estimate of drug-likeness (QED) is 0.803. The van der Waals surface area contributed by atoms with E-state index in [-0.39, 0.29) is 5.41 Å². The summed E-state index contributed by atoms with van der Waals surface area (Å²) in [5, 5.41) is 3.15. The van der Waals surface area contributed by atoms with Crippen molar-refractivity contribution >= 4 is 28.4 Å². The van der Waals surface area contributed by atoms with Crippen LogP contribution >= 0.6 is 22.6 Å². The third-order valence-corrected chi connectivity index (χ3v) is 3.96. The van der Waals surface area contributed by atoms with Crippen LogP contribution in [0.3, 0.4) is 0 Å². The van der Waals surface area contributed by atoms with Gasteiger partial charge in [-0.25, -0.2) is 9.97 Å². The van der Waals surface area contributed by atoms with E-state index in [9.17, 15) is 0 Å². The zero-order chi connectivity index (χ0) is 14.9. The summed E-state index contributed by atoms with van der Waals surface area (Å²) in [6, 6.07) is 3.98. The Morgan fingerprint density at radius 2 is 1.90 bits per heavy atom. The summed E-state index contributed by atoms with van der Waals surface area (Å²) in [5.74, 6) is 1.52. The number of halogens is 1. The second kappa shape index (κ2) is 5.63. The molecule has 0 spiro atoms. The Morgan fingerprint density at radius 1 is 1.20 bits per heavy atom. The molecule has 20 heavy (non-hydrogen) atoms. The number of rotatable bonds is 2. The SMILES string of the molecule is CNc1nc(-c2cc(C)ccn2)nc(C(C)(C)C)c1I. The van der Waals surface area contributed by atoms with Crippen molar-refractivity contribution < 1.29 is 0 Å². The number of nitrogens with one attached hydrogen (secondary N) is 1. The van der Waals surface area contributed by atoms with Gasteiger partial charge in [-0.15, -0.1) is 0 Å². The van der Waals surface area contributed by atoms with Crippen molar-refractivity contribution in [2.24, 2.45) is 0 Å². The first-order chi connectivity index (χ1) is 9.32. The van der Waals surface area contributed by atoms with Gasteiger partial charge in [-0.1, -0.05) is 20.8 Å². The number of nitrogens with zero attached hydrogens (tertiary/aromatic N) is 3. The van der Waals surface area contributed by atoms with Crippen molar-refractivity contribution in [3.8, 4) is 11.5 Å². The van der Waals surface area contributed by atoms with Crippen molar-refractivity contribution in [1.82, 2.24) is 15.0 Å². The second-order valence-corrected chi connectivity index (χ2v) is 6.86. The summed E-state index contributed by atoms with van der Waals surface area (Å²) in [6.45, 7) is 8.51. The van der Waals surface area contributed by atoms with Gasteiger partial charge in [0.2, 0.25) is 0 Å². The summed E-state index contributed by atoms with van der Waals surface area (Å²) in [5.41, 5.74) is 2.96. The lowest BCUT2D eigenvalue weighted by molar-refractivity contribution is 0.564. The van der Waals surface area contributed by atoms with Crippen LogP contribution in [0.25, 0.3) is 11.5 Å². The Bertz CT molecular complexity index is 632. The number of aryl methyl sites for hydroxylation is 1. The Kier molecular flexibility index (Phi) is 4.27. The normalized spacial score (nSPS) is 11.5. The Labute approximate surface area is 133 Å². The third kappa shape index (κ3) is 3.08. The van der Waals surface area contributed by atoms with E-state index in [1.807, 2.05) is 26.1 Å². The first-order valence-electron chi connectivity index (χ1n) is 6.51. The molecular formula is C15H19IN4. The van der Waals surface area contributed by atoms with Crippen LogP contribution in [0.5, 0.6) is 0 Å². The molecule has 0 saturated carbocycles. The van der Waals surface area contributed by atoms with Crippen LogP contribution in [-0.4, -0.2) is 22.0 Å². The third-order valence-electron chi connectivity index (χ3n) is 2.94. The molecule has 0 amide bonds. The number of anilines is 1. The molecule has 0 aliphatic carbocycles. The fourth-order valence-corrected chi connectivity index (χ4v) is 3.20. The lowest BCUT2D eigenvalue weighted by Gasteiger charge is -2.21. The van der Waals surface area contributed by atoms with Crippen molar-refractivity contribution in [3.05, 3.63) is 33.2 Å². The van der Waals surface area contributed by atoms with Gasteiger partial charge in [0.25, 0.3) is 0 Å². The number of pyridine rings is 1. The molecule has 2 rings (SSSR count). The molecule has 106 valence electrons. The Morgan fingerprint density at radius 3 is 2.45 bits per heavy atom. The van der Waals surface area contributed by atoms with E-state index >= 15 is 0 Å². The van der Waals surface area contributed by atoms with Crippen LogP contribution in [-0.2, 0) is 5.41 Å². The smallest absolute Gasteiger partial charge is 0.180 e. The molecule has 0 bridgehead atoms. The van der Waals surface area contributed by atoms with Gasteiger partial charge in [0.05, 0.1) is 9.26 Å². The molecule has 2 heterocycles. The van der Waals surface area contributed by atoms with E-state index in [0.29, 0.717) is 5.82 Å². The number of aromatic nitrogens is 3. The van der Waals surface area contributed by atoms with E-state index in [1.54, 1.807) is 6.20 Å². The van der Waals surface area contributed by atoms with E-state index in [1.165, 1.54) is 0 Å². The minimum atomic E-state index is -0.0381. The maximum Gasteiger partial charge on any atom is 0.180 e. The largest absolute Gasteiger partial charge is 0.372 e. The minimum absolute atomic E-state index is 0.0381. The van der Waals surface area contributed by atoms with Crippen LogP contribution in [0.15, 0.2) is 18.3 Å². The Hall–Kier alpha value is -1.24. The first kappa shape index (κ1) is 15.2. The molecule has 1 N–H and O–H groups in total. The molecule has 0 aliphatic rings. The minimum Gasteiger partial charge on any atom is -0.372 e. The first-order valence-corrected chi connectivity index (χ1v) is 7.59. The highest BCUT2D eigenvalue weighted by atomic mass is 127. The molecule has 0 fully saturated rings. The Balaban J connectivity index is 2.66. The van der Waals surface area contributed by atoms with Gasteiger partial charge < -0.3 is 5.32 Å². The molecule has 0 saturated heterocycles. The molecule has 2 aromatic rings. The van der Waals surface area contributed by atoms with Crippen LogP contribution in [0.4, 0.5) is 5.82 Å². The summed E-state index contributed by atoms with van der Waals surface area (Å²) < 4.78 is 1.06. The van der Waals surface area contributed by atoms with Crippen LogP contribution in [0.1, 0.15) is 32.0 Å². The number of hydrogen-bond acceptors (Lipinski definition) is 4. The molecule has 5 heteroatoms. The van der Waals surface area contributed by atoms with Crippen LogP contribution in [0, 0.1) is 10.5 Å². The summed E-state index contributed by atoms with van der Waals surface area (Å²) >= 11 is 2.30. The van der Waals surface area contributed by atoms with Gasteiger partial charge in [0.1, 0.15) is 11.5 Å². The fraction of sp³-hybridized carbons (Fsp3) is 0.400. The van der Waals surface area contributed by atoms with E-state index in [0.717, 1.165) is 26.3 Å². The van der Waals surface area contributed by atoms with Crippen molar-refractivity contribution in [3.63, 3.8) is 0 Å². The lowest BCUT2D eigenvalue weighted by atomic mass is 9.92. The fourth-order valence-electron chi connectivity index (χ4n) is 1.88. The number of hydrogen-bond donors (Lipinski definition) is 1. The monoisotopic (exact) mass is 382 g/mol. The second-order valence-electron chi connectivity index (χ2n) is 5.78. The average molecular weight is 382 g/mol. The standard InChI is InChI=1S/C15H19IN4/c1-9-6-7-18-10(8-9)13-19-12(15(2,3)4)11(16)14(17-5)20-13/h6-8H,1-5H3,(H,17,19,20). The highest BCUT2D eigenvalue weighted by Gasteiger charge is 2.23. The van der Waals surface area contributed by atoms with Gasteiger partial charge >= 0.3 is 0 Å².